The van der Waals surface area contributed by atoms with Crippen molar-refractivity contribution in [3.63, 3.8) is 0 Å². The van der Waals surface area contributed by atoms with E-state index in [9.17, 15) is 9.59 Å². The zero-order valence-electron chi connectivity index (χ0n) is 13.0. The van der Waals surface area contributed by atoms with E-state index in [-0.39, 0.29) is 29.5 Å². The summed E-state index contributed by atoms with van der Waals surface area (Å²) in [5.41, 5.74) is 0. The highest BCUT2D eigenvalue weighted by molar-refractivity contribution is 8.15. The van der Waals surface area contributed by atoms with E-state index < -0.39 is 0 Å². The minimum Gasteiger partial charge on any atom is -0.353 e. The first-order valence-electron chi connectivity index (χ1n) is 7.85. The Morgan fingerprint density at radius 3 is 2.91 bits per heavy atom. The summed E-state index contributed by atoms with van der Waals surface area (Å²) in [4.78, 5) is 34.5. The van der Waals surface area contributed by atoms with Crippen LogP contribution in [0.2, 0.25) is 0 Å². The van der Waals surface area contributed by atoms with Gasteiger partial charge in [0.15, 0.2) is 5.17 Å². The molecule has 124 valence electrons. The Balaban J connectivity index is 1.57. The van der Waals surface area contributed by atoms with Crippen molar-refractivity contribution in [1.82, 2.24) is 15.2 Å². The van der Waals surface area contributed by atoms with Gasteiger partial charge in [-0.25, -0.2) is 4.98 Å². The number of hydrogen-bond donors (Lipinski definition) is 1. The number of thiazole rings is 1. The molecule has 0 aromatic carbocycles. The molecule has 1 saturated heterocycles. The number of carbonyl (C=O) groups is 2. The lowest BCUT2D eigenvalue weighted by Gasteiger charge is -2.23. The molecule has 3 rings (SSSR count). The van der Waals surface area contributed by atoms with Gasteiger partial charge in [0, 0.05) is 31.1 Å². The van der Waals surface area contributed by atoms with Crippen molar-refractivity contribution in [2.45, 2.75) is 49.8 Å². The number of nitrogens with zero attached hydrogens (tertiary/aromatic N) is 3. The largest absolute Gasteiger partial charge is 0.353 e. The summed E-state index contributed by atoms with van der Waals surface area (Å²) in [6.07, 6.45) is 7.60. The van der Waals surface area contributed by atoms with E-state index in [1.165, 1.54) is 47.3 Å². The number of carbonyl (C=O) groups excluding carboxylic acids is 2. The summed E-state index contributed by atoms with van der Waals surface area (Å²) in [5.74, 6) is -0.101. The highest BCUT2D eigenvalue weighted by Crippen LogP contribution is 2.31. The molecule has 8 heteroatoms. The van der Waals surface area contributed by atoms with Crippen LogP contribution in [0, 0.1) is 0 Å². The summed E-state index contributed by atoms with van der Waals surface area (Å²) >= 11 is 2.77. The lowest BCUT2D eigenvalue weighted by molar-refractivity contribution is -0.129. The molecule has 6 nitrogen and oxygen atoms in total. The lowest BCUT2D eigenvalue weighted by Crippen LogP contribution is -2.38. The molecule has 0 spiro atoms. The topological polar surface area (TPSA) is 74.7 Å². The van der Waals surface area contributed by atoms with Gasteiger partial charge in [0.2, 0.25) is 16.9 Å². The maximum Gasteiger partial charge on any atom is 0.242 e. The third-order valence-corrected chi connectivity index (χ3v) is 5.99. The normalized spacial score (nSPS) is 24.4. The van der Waals surface area contributed by atoms with Crippen molar-refractivity contribution in [3.8, 4) is 0 Å². The Morgan fingerprint density at radius 2 is 2.22 bits per heavy atom. The molecule has 1 atom stereocenters. The van der Waals surface area contributed by atoms with E-state index in [1.807, 2.05) is 5.38 Å². The van der Waals surface area contributed by atoms with Crippen LogP contribution >= 0.6 is 23.1 Å². The van der Waals surface area contributed by atoms with Crippen LogP contribution in [0.15, 0.2) is 16.6 Å². The maximum absolute atomic E-state index is 12.3. The fourth-order valence-electron chi connectivity index (χ4n) is 2.85. The number of aliphatic imine (C=N–C) groups is 1. The van der Waals surface area contributed by atoms with Crippen LogP contribution in [0.1, 0.15) is 38.5 Å². The SMILES string of the molecule is CN1C(=O)C(CC(=O)NC2CCCCC2)SC1=Nc1nccs1. The molecule has 2 fully saturated rings. The highest BCUT2D eigenvalue weighted by atomic mass is 32.2. The molecule has 1 N–H and O–H groups in total. The Kier molecular flexibility index (Phi) is 5.32. The molecule has 23 heavy (non-hydrogen) atoms. The van der Waals surface area contributed by atoms with E-state index in [4.69, 9.17) is 0 Å². The molecule has 2 heterocycles. The average Bonchev–Trinajstić information content (AvgIpc) is 3.14. The van der Waals surface area contributed by atoms with Crippen molar-refractivity contribution < 1.29 is 9.59 Å². The Bertz CT molecular complexity index is 597. The molecule has 0 bridgehead atoms. The molecule has 2 aliphatic rings. The van der Waals surface area contributed by atoms with Crippen LogP contribution in [0.3, 0.4) is 0 Å². The quantitative estimate of drug-likeness (QED) is 0.904. The zero-order chi connectivity index (χ0) is 16.2. The maximum atomic E-state index is 12.3. The predicted octanol–water partition coefficient (Wildman–Crippen LogP) is 2.54. The summed E-state index contributed by atoms with van der Waals surface area (Å²) in [6.45, 7) is 0. The second-order valence-corrected chi connectivity index (χ2v) is 7.86. The third-order valence-electron chi connectivity index (χ3n) is 4.09. The molecule has 1 aliphatic carbocycles. The van der Waals surface area contributed by atoms with Crippen LogP contribution in [0.5, 0.6) is 0 Å². The second kappa shape index (κ2) is 7.44. The van der Waals surface area contributed by atoms with E-state index >= 15 is 0 Å². The van der Waals surface area contributed by atoms with Crippen molar-refractivity contribution >= 4 is 45.2 Å². The second-order valence-electron chi connectivity index (χ2n) is 5.82. The number of aromatic nitrogens is 1. The molecule has 1 aliphatic heterocycles. The van der Waals surface area contributed by atoms with Gasteiger partial charge < -0.3 is 5.32 Å². The number of rotatable bonds is 4. The molecule has 1 aromatic rings. The van der Waals surface area contributed by atoms with Gasteiger partial charge in [-0.1, -0.05) is 31.0 Å². The molecule has 1 aromatic heterocycles. The van der Waals surface area contributed by atoms with Gasteiger partial charge >= 0.3 is 0 Å². The fraction of sp³-hybridized carbons (Fsp3) is 0.600. The Morgan fingerprint density at radius 1 is 1.43 bits per heavy atom. The molecule has 1 unspecified atom stereocenters. The number of thioether (sulfide) groups is 1. The Labute approximate surface area is 143 Å². The Hall–Kier alpha value is -1.41. The smallest absolute Gasteiger partial charge is 0.242 e. The predicted molar refractivity (Wildman–Crippen MR) is 93.0 cm³/mol. The molecule has 2 amide bonds. The van der Waals surface area contributed by atoms with Crippen molar-refractivity contribution in [2.24, 2.45) is 4.99 Å². The zero-order valence-corrected chi connectivity index (χ0v) is 14.7. The van der Waals surface area contributed by atoms with Gasteiger partial charge in [0.1, 0.15) is 5.25 Å². The minimum absolute atomic E-state index is 0.0355. The van der Waals surface area contributed by atoms with Gasteiger partial charge in [-0.3, -0.25) is 14.5 Å². The summed E-state index contributed by atoms with van der Waals surface area (Å²) < 4.78 is 0. The number of nitrogens with one attached hydrogen (secondary N) is 1. The monoisotopic (exact) mass is 352 g/mol. The fourth-order valence-corrected chi connectivity index (χ4v) is 4.55. The van der Waals surface area contributed by atoms with Gasteiger partial charge in [-0.05, 0) is 12.8 Å². The van der Waals surface area contributed by atoms with Crippen LogP contribution in [0.25, 0.3) is 0 Å². The summed E-state index contributed by atoms with van der Waals surface area (Å²) in [7, 11) is 1.70. The van der Waals surface area contributed by atoms with Crippen LogP contribution in [-0.2, 0) is 9.59 Å². The average molecular weight is 352 g/mol. The number of amides is 2. The molecule has 1 saturated carbocycles. The minimum atomic E-state index is -0.387. The van der Waals surface area contributed by atoms with Crippen molar-refractivity contribution in [1.29, 1.82) is 0 Å². The van der Waals surface area contributed by atoms with Crippen molar-refractivity contribution in [3.05, 3.63) is 11.6 Å². The van der Waals surface area contributed by atoms with Gasteiger partial charge in [-0.15, -0.1) is 11.3 Å². The van der Waals surface area contributed by atoms with E-state index in [0.717, 1.165) is 12.8 Å². The number of hydrogen-bond acceptors (Lipinski definition) is 6. The molecular weight excluding hydrogens is 332 g/mol. The van der Waals surface area contributed by atoms with Gasteiger partial charge in [-0.2, -0.15) is 4.99 Å². The van der Waals surface area contributed by atoms with Gasteiger partial charge in [0.25, 0.3) is 0 Å². The van der Waals surface area contributed by atoms with E-state index in [0.29, 0.717) is 10.3 Å². The van der Waals surface area contributed by atoms with Crippen LogP contribution in [-0.4, -0.2) is 45.2 Å². The van der Waals surface area contributed by atoms with E-state index in [1.54, 1.807) is 13.2 Å². The first kappa shape index (κ1) is 16.4. The first-order chi connectivity index (χ1) is 11.1. The molecule has 0 radical (unpaired) electrons. The van der Waals surface area contributed by atoms with Gasteiger partial charge in [0.05, 0.1) is 0 Å². The lowest BCUT2D eigenvalue weighted by atomic mass is 9.95. The van der Waals surface area contributed by atoms with Crippen LogP contribution in [0.4, 0.5) is 5.13 Å². The van der Waals surface area contributed by atoms with Crippen molar-refractivity contribution in [2.75, 3.05) is 7.05 Å². The summed E-state index contributed by atoms with van der Waals surface area (Å²) in [6, 6.07) is 0.277. The molecular formula is C15H20N4O2S2. The standard InChI is InChI=1S/C15H20N4O2S2/c1-19-13(21)11(23-15(19)18-14-16-7-8-22-14)9-12(20)17-10-5-3-2-4-6-10/h7-8,10-11H,2-6,9H2,1H3,(H,17,20). The van der Waals surface area contributed by atoms with E-state index in [2.05, 4.69) is 15.3 Å². The third kappa shape index (κ3) is 4.11. The first-order valence-corrected chi connectivity index (χ1v) is 9.61. The highest BCUT2D eigenvalue weighted by Gasteiger charge is 2.37. The number of amidine groups is 1. The summed E-state index contributed by atoms with van der Waals surface area (Å²) in [5, 5.41) is 5.76. The van der Waals surface area contributed by atoms with Crippen LogP contribution < -0.4 is 5.32 Å².